The third-order valence-corrected chi connectivity index (χ3v) is 6.55. The van der Waals surface area contributed by atoms with Gasteiger partial charge in [0.05, 0.1) is 6.61 Å². The Labute approximate surface area is 203 Å². The molecule has 1 N–H and O–H groups in total. The van der Waals surface area contributed by atoms with Crippen molar-refractivity contribution in [3.63, 3.8) is 0 Å². The molecular formula is C27H38ClN3O2. The summed E-state index contributed by atoms with van der Waals surface area (Å²) in [5.74, 6) is 0.995. The number of unbranched alkanes of at least 4 members (excludes halogenated alkanes) is 1. The first-order valence-corrected chi connectivity index (χ1v) is 12.5. The third-order valence-electron chi connectivity index (χ3n) is 6.31. The van der Waals surface area contributed by atoms with Crippen molar-refractivity contribution in [2.45, 2.75) is 78.6 Å². The maximum absolute atomic E-state index is 11.2. The largest absolute Gasteiger partial charge is 0.505 e. The molecule has 0 radical (unpaired) electrons. The normalized spacial score (nSPS) is 14.0. The van der Waals surface area contributed by atoms with Crippen LogP contribution in [-0.4, -0.2) is 33.3 Å². The number of hydrogen-bond donors (Lipinski definition) is 1. The molecule has 0 aliphatic heterocycles. The highest BCUT2D eigenvalue weighted by Gasteiger charge is 2.24. The van der Waals surface area contributed by atoms with Crippen molar-refractivity contribution in [1.82, 2.24) is 15.0 Å². The summed E-state index contributed by atoms with van der Waals surface area (Å²) >= 11 is 6.13. The number of aromatic nitrogens is 3. The number of fused-ring (bicyclic) bond motifs is 1. The summed E-state index contributed by atoms with van der Waals surface area (Å²) in [4.78, 5) is 1.51. The van der Waals surface area contributed by atoms with Gasteiger partial charge in [-0.15, -0.1) is 15.0 Å². The van der Waals surface area contributed by atoms with Gasteiger partial charge in [-0.05, 0) is 47.6 Å². The standard InChI is InChI=1S/C27H38ClN3O2/c1-7-9-10-19(8-2)17-33-16-18(3)20-13-22(27(4,5)6)26(32)25(14-20)31-29-23-12-11-21(28)15-24(23)30-31/h11-15,18-19,32H,7-10,16-17H2,1-6H3. The number of halogens is 1. The second-order valence-corrected chi connectivity index (χ2v) is 10.6. The van der Waals surface area contributed by atoms with Gasteiger partial charge in [-0.3, -0.25) is 0 Å². The fraction of sp³-hybridized carbons (Fsp3) is 0.556. The molecule has 6 heteroatoms. The highest BCUT2D eigenvalue weighted by atomic mass is 35.5. The Hall–Kier alpha value is -2.11. The molecule has 0 saturated carbocycles. The SMILES string of the molecule is CCCCC(CC)COCC(C)c1cc(-n2nc3ccc(Cl)cc3n2)c(O)c(C(C)(C)C)c1. The van der Waals surface area contributed by atoms with Crippen molar-refractivity contribution in [3.8, 4) is 11.4 Å². The van der Waals surface area contributed by atoms with E-state index < -0.39 is 0 Å². The molecule has 2 atom stereocenters. The summed E-state index contributed by atoms with van der Waals surface area (Å²) in [5.41, 5.74) is 3.74. The van der Waals surface area contributed by atoms with Gasteiger partial charge in [-0.2, -0.15) is 0 Å². The van der Waals surface area contributed by atoms with E-state index in [9.17, 15) is 5.11 Å². The minimum absolute atomic E-state index is 0.175. The Morgan fingerprint density at radius 3 is 2.45 bits per heavy atom. The molecule has 0 bridgehead atoms. The zero-order chi connectivity index (χ0) is 24.2. The van der Waals surface area contributed by atoms with E-state index in [2.05, 4.69) is 57.8 Å². The number of nitrogens with zero attached hydrogens (tertiary/aromatic N) is 3. The number of ether oxygens (including phenoxy) is 1. The minimum Gasteiger partial charge on any atom is -0.505 e. The Morgan fingerprint density at radius 1 is 1.06 bits per heavy atom. The number of rotatable bonds is 10. The molecule has 0 fully saturated rings. The lowest BCUT2D eigenvalue weighted by molar-refractivity contribution is 0.0856. The molecule has 0 amide bonds. The van der Waals surface area contributed by atoms with Crippen molar-refractivity contribution >= 4 is 22.6 Å². The van der Waals surface area contributed by atoms with Crippen LogP contribution in [-0.2, 0) is 10.2 Å². The molecule has 33 heavy (non-hydrogen) atoms. The predicted molar refractivity (Wildman–Crippen MR) is 137 cm³/mol. The van der Waals surface area contributed by atoms with Gasteiger partial charge in [-0.25, -0.2) is 0 Å². The number of phenolic OH excluding ortho intramolecular Hbond substituents is 1. The van der Waals surface area contributed by atoms with Crippen LogP contribution in [0.2, 0.25) is 5.02 Å². The molecule has 0 aliphatic carbocycles. The van der Waals surface area contributed by atoms with E-state index in [4.69, 9.17) is 16.3 Å². The van der Waals surface area contributed by atoms with Crippen LogP contribution in [0.5, 0.6) is 5.75 Å². The van der Waals surface area contributed by atoms with Crippen molar-refractivity contribution < 1.29 is 9.84 Å². The average Bonchev–Trinajstić information content (AvgIpc) is 3.18. The summed E-state index contributed by atoms with van der Waals surface area (Å²) in [6, 6.07) is 9.50. The van der Waals surface area contributed by atoms with Crippen LogP contribution in [0.4, 0.5) is 0 Å². The first kappa shape index (κ1) is 25.5. The van der Waals surface area contributed by atoms with Crippen LogP contribution in [0.3, 0.4) is 0 Å². The molecule has 5 nitrogen and oxygen atoms in total. The summed E-state index contributed by atoms with van der Waals surface area (Å²) in [5, 5.41) is 21.0. The zero-order valence-corrected chi connectivity index (χ0v) is 21.6. The van der Waals surface area contributed by atoms with Crippen LogP contribution in [0, 0.1) is 5.92 Å². The second kappa shape index (κ2) is 10.9. The van der Waals surface area contributed by atoms with Crippen LogP contribution in [0.15, 0.2) is 30.3 Å². The molecule has 0 spiro atoms. The van der Waals surface area contributed by atoms with Crippen molar-refractivity contribution in [1.29, 1.82) is 0 Å². The molecule has 0 aliphatic rings. The molecule has 0 saturated heterocycles. The van der Waals surface area contributed by atoms with E-state index in [0.717, 1.165) is 29.7 Å². The molecular weight excluding hydrogens is 434 g/mol. The van der Waals surface area contributed by atoms with Crippen LogP contribution in [0.1, 0.15) is 84.3 Å². The van der Waals surface area contributed by atoms with Gasteiger partial charge in [0.15, 0.2) is 0 Å². The molecule has 3 aromatic rings. The third kappa shape index (κ3) is 6.27. The van der Waals surface area contributed by atoms with E-state index in [1.165, 1.54) is 24.1 Å². The number of benzene rings is 2. The molecule has 3 rings (SSSR count). The topological polar surface area (TPSA) is 60.2 Å². The second-order valence-electron chi connectivity index (χ2n) is 10.2. The van der Waals surface area contributed by atoms with Gasteiger partial charge in [0.2, 0.25) is 0 Å². The van der Waals surface area contributed by atoms with Gasteiger partial charge in [-0.1, -0.05) is 78.5 Å². The van der Waals surface area contributed by atoms with E-state index in [-0.39, 0.29) is 17.1 Å². The Morgan fingerprint density at radius 2 is 1.79 bits per heavy atom. The average molecular weight is 472 g/mol. The van der Waals surface area contributed by atoms with E-state index in [0.29, 0.717) is 28.8 Å². The first-order valence-electron chi connectivity index (χ1n) is 12.1. The molecule has 2 unspecified atom stereocenters. The van der Waals surface area contributed by atoms with Crippen LogP contribution in [0.25, 0.3) is 16.7 Å². The number of aromatic hydroxyl groups is 1. The highest BCUT2D eigenvalue weighted by Crippen LogP contribution is 2.38. The van der Waals surface area contributed by atoms with Gasteiger partial charge in [0, 0.05) is 23.1 Å². The summed E-state index contributed by atoms with van der Waals surface area (Å²) in [7, 11) is 0. The van der Waals surface area contributed by atoms with Gasteiger partial charge in [0.1, 0.15) is 22.5 Å². The monoisotopic (exact) mass is 471 g/mol. The summed E-state index contributed by atoms with van der Waals surface area (Å²) in [6.45, 7) is 14.4. The van der Waals surface area contributed by atoms with Crippen molar-refractivity contribution in [3.05, 3.63) is 46.5 Å². The first-order chi connectivity index (χ1) is 15.6. The lowest BCUT2D eigenvalue weighted by Crippen LogP contribution is -2.16. The van der Waals surface area contributed by atoms with Crippen LogP contribution < -0.4 is 0 Å². The lowest BCUT2D eigenvalue weighted by atomic mass is 9.83. The number of hydrogen-bond acceptors (Lipinski definition) is 4. The van der Waals surface area contributed by atoms with E-state index in [1.54, 1.807) is 12.1 Å². The van der Waals surface area contributed by atoms with Gasteiger partial charge in [0.25, 0.3) is 0 Å². The number of phenols is 1. The quantitative estimate of drug-likeness (QED) is 0.334. The maximum Gasteiger partial charge on any atom is 0.146 e. The Bertz CT molecular complexity index is 1070. The zero-order valence-electron chi connectivity index (χ0n) is 20.9. The molecule has 1 aromatic heterocycles. The van der Waals surface area contributed by atoms with Gasteiger partial charge >= 0.3 is 0 Å². The Kier molecular flexibility index (Phi) is 8.41. The predicted octanol–water partition coefficient (Wildman–Crippen LogP) is 7.41. The van der Waals surface area contributed by atoms with E-state index >= 15 is 0 Å². The molecule has 180 valence electrons. The fourth-order valence-electron chi connectivity index (χ4n) is 4.05. The molecule has 1 heterocycles. The lowest BCUT2D eigenvalue weighted by Gasteiger charge is -2.25. The van der Waals surface area contributed by atoms with Crippen molar-refractivity contribution in [2.24, 2.45) is 5.92 Å². The smallest absolute Gasteiger partial charge is 0.146 e. The maximum atomic E-state index is 11.2. The highest BCUT2D eigenvalue weighted by molar-refractivity contribution is 6.31. The van der Waals surface area contributed by atoms with Crippen molar-refractivity contribution in [2.75, 3.05) is 13.2 Å². The fourth-order valence-corrected chi connectivity index (χ4v) is 4.22. The molecule has 2 aromatic carbocycles. The van der Waals surface area contributed by atoms with Crippen LogP contribution >= 0.6 is 11.6 Å². The Balaban J connectivity index is 1.90. The van der Waals surface area contributed by atoms with Gasteiger partial charge < -0.3 is 9.84 Å². The minimum atomic E-state index is -0.237. The summed E-state index contributed by atoms with van der Waals surface area (Å²) < 4.78 is 6.15. The van der Waals surface area contributed by atoms with E-state index in [1.807, 2.05) is 12.1 Å². The summed E-state index contributed by atoms with van der Waals surface area (Å²) in [6.07, 6.45) is 4.85.